The number of nitrogens with one attached hydrogen (secondary N) is 1. The van der Waals surface area contributed by atoms with Crippen molar-refractivity contribution < 1.29 is 18.7 Å². The fourth-order valence-electron chi connectivity index (χ4n) is 2.70. The SMILES string of the molecule is O=C(/C=C/c1ccc2c(c1)OCO2)NCCn1nc(-c2ccco2)ccc1=O. The van der Waals surface area contributed by atoms with Gasteiger partial charge < -0.3 is 19.2 Å². The summed E-state index contributed by atoms with van der Waals surface area (Å²) in [6, 6.07) is 12.0. The average Bonchev–Trinajstić information content (AvgIpc) is 3.39. The minimum Gasteiger partial charge on any atom is -0.463 e. The lowest BCUT2D eigenvalue weighted by Gasteiger charge is -2.06. The van der Waals surface area contributed by atoms with Gasteiger partial charge in [-0.2, -0.15) is 5.10 Å². The molecule has 1 aliphatic rings. The van der Waals surface area contributed by atoms with E-state index in [1.165, 1.54) is 16.8 Å². The van der Waals surface area contributed by atoms with Crippen LogP contribution in [0.15, 0.2) is 64.0 Å². The maximum absolute atomic E-state index is 12.0. The van der Waals surface area contributed by atoms with Crippen molar-refractivity contribution in [2.75, 3.05) is 13.3 Å². The van der Waals surface area contributed by atoms with Crippen molar-refractivity contribution in [3.8, 4) is 23.0 Å². The van der Waals surface area contributed by atoms with E-state index in [1.807, 2.05) is 6.07 Å². The molecular formula is C20H17N3O5. The van der Waals surface area contributed by atoms with Crippen LogP contribution >= 0.6 is 0 Å². The lowest BCUT2D eigenvalue weighted by Crippen LogP contribution is -2.31. The molecule has 1 amide bonds. The molecule has 1 aliphatic heterocycles. The summed E-state index contributed by atoms with van der Waals surface area (Å²) >= 11 is 0. The van der Waals surface area contributed by atoms with Crippen molar-refractivity contribution in [3.63, 3.8) is 0 Å². The summed E-state index contributed by atoms with van der Waals surface area (Å²) in [4.78, 5) is 23.9. The first-order valence-corrected chi connectivity index (χ1v) is 8.67. The van der Waals surface area contributed by atoms with Crippen molar-refractivity contribution in [2.24, 2.45) is 0 Å². The van der Waals surface area contributed by atoms with Crippen LogP contribution in [0.1, 0.15) is 5.56 Å². The van der Waals surface area contributed by atoms with Gasteiger partial charge in [-0.3, -0.25) is 9.59 Å². The number of aromatic nitrogens is 2. The van der Waals surface area contributed by atoms with Gasteiger partial charge in [-0.1, -0.05) is 6.07 Å². The molecule has 28 heavy (non-hydrogen) atoms. The van der Waals surface area contributed by atoms with E-state index in [0.29, 0.717) is 23.0 Å². The lowest BCUT2D eigenvalue weighted by molar-refractivity contribution is -0.116. The van der Waals surface area contributed by atoms with Crippen molar-refractivity contribution in [3.05, 3.63) is 70.7 Å². The summed E-state index contributed by atoms with van der Waals surface area (Å²) in [6.07, 6.45) is 4.64. The third kappa shape index (κ3) is 3.96. The minimum absolute atomic E-state index is 0.206. The van der Waals surface area contributed by atoms with Crippen LogP contribution in [0.25, 0.3) is 17.5 Å². The smallest absolute Gasteiger partial charge is 0.266 e. The number of fused-ring (bicyclic) bond motifs is 1. The predicted molar refractivity (Wildman–Crippen MR) is 101 cm³/mol. The highest BCUT2D eigenvalue weighted by Crippen LogP contribution is 2.32. The molecule has 1 aromatic carbocycles. The van der Waals surface area contributed by atoms with Crippen LogP contribution in [-0.4, -0.2) is 29.0 Å². The van der Waals surface area contributed by atoms with Crippen LogP contribution in [-0.2, 0) is 11.3 Å². The molecule has 0 unspecified atom stereocenters. The summed E-state index contributed by atoms with van der Waals surface area (Å²) in [6.45, 7) is 0.716. The maximum Gasteiger partial charge on any atom is 0.266 e. The van der Waals surface area contributed by atoms with Gasteiger partial charge in [-0.05, 0) is 42.0 Å². The Morgan fingerprint density at radius 3 is 2.93 bits per heavy atom. The zero-order chi connectivity index (χ0) is 19.3. The third-order valence-electron chi connectivity index (χ3n) is 4.09. The van der Waals surface area contributed by atoms with Gasteiger partial charge in [-0.25, -0.2) is 4.68 Å². The van der Waals surface area contributed by atoms with Gasteiger partial charge in [0.15, 0.2) is 17.3 Å². The molecule has 0 radical (unpaired) electrons. The van der Waals surface area contributed by atoms with E-state index in [4.69, 9.17) is 13.9 Å². The third-order valence-corrected chi connectivity index (χ3v) is 4.09. The number of rotatable bonds is 6. The van der Waals surface area contributed by atoms with Crippen LogP contribution in [0, 0.1) is 0 Å². The van der Waals surface area contributed by atoms with Gasteiger partial charge in [0.1, 0.15) is 5.69 Å². The zero-order valence-electron chi connectivity index (χ0n) is 14.8. The lowest BCUT2D eigenvalue weighted by atomic mass is 10.2. The number of carbonyl (C=O) groups is 1. The molecule has 3 aromatic rings. The Hall–Kier alpha value is -3.81. The number of furan rings is 1. The highest BCUT2D eigenvalue weighted by molar-refractivity contribution is 5.91. The number of carbonyl (C=O) groups excluding carboxylic acids is 1. The number of nitrogens with zero attached hydrogens (tertiary/aromatic N) is 2. The van der Waals surface area contributed by atoms with Gasteiger partial charge in [0, 0.05) is 18.7 Å². The molecule has 8 nitrogen and oxygen atoms in total. The summed E-state index contributed by atoms with van der Waals surface area (Å²) in [5.74, 6) is 1.65. The molecule has 3 heterocycles. The van der Waals surface area contributed by atoms with Crippen LogP contribution in [0.3, 0.4) is 0 Å². The number of amides is 1. The highest BCUT2D eigenvalue weighted by atomic mass is 16.7. The molecule has 0 spiro atoms. The topological polar surface area (TPSA) is 95.6 Å². The second kappa shape index (κ2) is 7.83. The number of ether oxygens (including phenoxy) is 2. The molecule has 4 rings (SSSR count). The monoisotopic (exact) mass is 379 g/mol. The van der Waals surface area contributed by atoms with Crippen LogP contribution in [0.5, 0.6) is 11.5 Å². The summed E-state index contributed by atoms with van der Waals surface area (Å²) in [5, 5.41) is 6.98. The van der Waals surface area contributed by atoms with Crippen LogP contribution in [0.4, 0.5) is 0 Å². The summed E-state index contributed by atoms with van der Waals surface area (Å²) in [5.41, 5.74) is 1.13. The fourth-order valence-corrected chi connectivity index (χ4v) is 2.70. The van der Waals surface area contributed by atoms with Gasteiger partial charge in [0.25, 0.3) is 5.56 Å². The largest absolute Gasteiger partial charge is 0.463 e. The van der Waals surface area contributed by atoms with E-state index < -0.39 is 0 Å². The van der Waals surface area contributed by atoms with Crippen LogP contribution < -0.4 is 20.3 Å². The average molecular weight is 379 g/mol. The first-order chi connectivity index (χ1) is 13.7. The molecule has 0 fully saturated rings. The van der Waals surface area contributed by atoms with Crippen molar-refractivity contribution in [2.45, 2.75) is 6.54 Å². The van der Waals surface area contributed by atoms with E-state index in [1.54, 1.807) is 42.7 Å². The van der Waals surface area contributed by atoms with Gasteiger partial charge in [0.2, 0.25) is 12.7 Å². The Morgan fingerprint density at radius 1 is 1.18 bits per heavy atom. The molecule has 142 valence electrons. The minimum atomic E-state index is -0.270. The Labute approximate surface area is 160 Å². The van der Waals surface area contributed by atoms with E-state index in [0.717, 1.165) is 5.56 Å². The first kappa shape index (κ1) is 17.6. The molecule has 0 bridgehead atoms. The quantitative estimate of drug-likeness (QED) is 0.659. The molecular weight excluding hydrogens is 362 g/mol. The van der Waals surface area contributed by atoms with Crippen molar-refractivity contribution >= 4 is 12.0 Å². The van der Waals surface area contributed by atoms with Gasteiger partial charge >= 0.3 is 0 Å². The molecule has 0 atom stereocenters. The van der Waals surface area contributed by atoms with Crippen LogP contribution in [0.2, 0.25) is 0 Å². The molecule has 0 saturated heterocycles. The Bertz CT molecular complexity index is 1070. The van der Waals surface area contributed by atoms with Gasteiger partial charge in [0.05, 0.1) is 12.8 Å². The molecule has 0 aliphatic carbocycles. The maximum atomic E-state index is 12.0. The van der Waals surface area contributed by atoms with E-state index >= 15 is 0 Å². The normalized spacial score (nSPS) is 12.4. The van der Waals surface area contributed by atoms with Crippen molar-refractivity contribution in [1.82, 2.24) is 15.1 Å². The Morgan fingerprint density at radius 2 is 2.07 bits per heavy atom. The second-order valence-corrected chi connectivity index (χ2v) is 5.99. The van der Waals surface area contributed by atoms with Crippen molar-refractivity contribution in [1.29, 1.82) is 0 Å². The number of hydrogen-bond acceptors (Lipinski definition) is 6. The fraction of sp³-hybridized carbons (Fsp3) is 0.150. The molecule has 2 aromatic heterocycles. The zero-order valence-corrected chi connectivity index (χ0v) is 14.8. The summed E-state index contributed by atoms with van der Waals surface area (Å²) < 4.78 is 17.1. The highest BCUT2D eigenvalue weighted by Gasteiger charge is 2.12. The summed E-state index contributed by atoms with van der Waals surface area (Å²) in [7, 11) is 0. The first-order valence-electron chi connectivity index (χ1n) is 8.67. The molecule has 0 saturated carbocycles. The predicted octanol–water partition coefficient (Wildman–Crippen LogP) is 2.06. The second-order valence-electron chi connectivity index (χ2n) is 5.99. The molecule has 8 heteroatoms. The Kier molecular flexibility index (Phi) is 4.92. The number of benzene rings is 1. The Balaban J connectivity index is 1.33. The van der Waals surface area contributed by atoms with Gasteiger partial charge in [-0.15, -0.1) is 0 Å². The van der Waals surface area contributed by atoms with E-state index in [-0.39, 0.29) is 31.3 Å². The standard InChI is InChI=1S/C20H17N3O5/c24-19(7-4-14-3-6-17-18(12-14)28-13-27-17)21-9-10-23-20(25)8-5-15(22-23)16-2-1-11-26-16/h1-8,11-12H,9-10,13H2,(H,21,24)/b7-4+. The van der Waals surface area contributed by atoms with E-state index in [2.05, 4.69) is 10.4 Å². The molecule has 1 N–H and O–H groups in total. The van der Waals surface area contributed by atoms with E-state index in [9.17, 15) is 9.59 Å². The number of hydrogen-bond donors (Lipinski definition) is 1.